The van der Waals surface area contributed by atoms with Crippen molar-refractivity contribution in [2.24, 2.45) is 5.73 Å². The molecule has 0 heterocycles. The van der Waals surface area contributed by atoms with Crippen LogP contribution in [0.3, 0.4) is 0 Å². The number of benzene rings is 1. The van der Waals surface area contributed by atoms with Gasteiger partial charge in [0.15, 0.2) is 0 Å². The summed E-state index contributed by atoms with van der Waals surface area (Å²) in [5.74, 6) is 0.572. The standard InChI is InChI=1S/C12H14F3NOS/c13-12(14,15)18-7-6-17-11-3-1-2-8-9(11)4-5-10(8)16/h1-3,10H,4-7,16H2. The number of halogens is 3. The normalized spacial score (nSPS) is 18.8. The molecule has 0 saturated heterocycles. The highest BCUT2D eigenvalue weighted by molar-refractivity contribution is 8.00. The zero-order valence-corrected chi connectivity index (χ0v) is 10.5. The lowest BCUT2D eigenvalue weighted by atomic mass is 10.1. The van der Waals surface area contributed by atoms with Crippen LogP contribution in [-0.4, -0.2) is 17.9 Å². The van der Waals surface area contributed by atoms with Gasteiger partial charge in [-0.3, -0.25) is 0 Å². The van der Waals surface area contributed by atoms with Gasteiger partial charge in [0.05, 0.1) is 6.61 Å². The van der Waals surface area contributed by atoms with Crippen LogP contribution in [0, 0.1) is 0 Å². The molecule has 2 nitrogen and oxygen atoms in total. The zero-order chi connectivity index (χ0) is 13.2. The van der Waals surface area contributed by atoms with Gasteiger partial charge in [0.1, 0.15) is 5.75 Å². The molecule has 0 radical (unpaired) electrons. The number of rotatable bonds is 4. The molecule has 2 N–H and O–H groups in total. The summed E-state index contributed by atoms with van der Waals surface area (Å²) in [5.41, 5.74) is 3.82. The van der Waals surface area contributed by atoms with Gasteiger partial charge in [-0.15, -0.1) is 0 Å². The molecule has 18 heavy (non-hydrogen) atoms. The van der Waals surface area contributed by atoms with E-state index in [1.807, 2.05) is 12.1 Å². The van der Waals surface area contributed by atoms with Crippen LogP contribution in [0.15, 0.2) is 18.2 Å². The molecule has 1 aliphatic carbocycles. The third-order valence-electron chi connectivity index (χ3n) is 2.88. The van der Waals surface area contributed by atoms with E-state index in [4.69, 9.17) is 10.5 Å². The van der Waals surface area contributed by atoms with Gasteiger partial charge in [-0.1, -0.05) is 12.1 Å². The monoisotopic (exact) mass is 277 g/mol. The van der Waals surface area contributed by atoms with Crippen molar-refractivity contribution in [1.29, 1.82) is 0 Å². The minimum absolute atomic E-state index is 0.0214. The number of thioether (sulfide) groups is 1. The van der Waals surface area contributed by atoms with Gasteiger partial charge in [-0.2, -0.15) is 13.2 Å². The number of hydrogen-bond acceptors (Lipinski definition) is 3. The Kier molecular flexibility index (Phi) is 4.07. The van der Waals surface area contributed by atoms with Crippen LogP contribution in [0.25, 0.3) is 0 Å². The van der Waals surface area contributed by atoms with E-state index in [0.717, 1.165) is 24.0 Å². The van der Waals surface area contributed by atoms with Crippen LogP contribution < -0.4 is 10.5 Å². The first kappa shape index (κ1) is 13.5. The van der Waals surface area contributed by atoms with E-state index in [-0.39, 0.29) is 30.2 Å². The first-order valence-corrected chi connectivity index (χ1v) is 6.67. The number of hydrogen-bond donors (Lipinski definition) is 1. The first-order chi connectivity index (χ1) is 8.47. The number of alkyl halides is 3. The molecule has 0 amide bonds. The van der Waals surface area contributed by atoms with E-state index in [2.05, 4.69) is 0 Å². The average molecular weight is 277 g/mol. The molecular formula is C12H14F3NOS. The van der Waals surface area contributed by atoms with E-state index in [9.17, 15) is 13.2 Å². The quantitative estimate of drug-likeness (QED) is 0.858. The van der Waals surface area contributed by atoms with Gasteiger partial charge < -0.3 is 10.5 Å². The molecule has 0 aliphatic heterocycles. The first-order valence-electron chi connectivity index (χ1n) is 5.68. The predicted molar refractivity (Wildman–Crippen MR) is 65.7 cm³/mol. The maximum Gasteiger partial charge on any atom is 0.441 e. The fourth-order valence-corrected chi connectivity index (χ4v) is 2.50. The summed E-state index contributed by atoms with van der Waals surface area (Å²) < 4.78 is 41.2. The third-order valence-corrected chi connectivity index (χ3v) is 3.58. The van der Waals surface area contributed by atoms with E-state index < -0.39 is 5.51 Å². The topological polar surface area (TPSA) is 35.2 Å². The summed E-state index contributed by atoms with van der Waals surface area (Å²) in [4.78, 5) is 0. The van der Waals surface area contributed by atoms with E-state index in [1.54, 1.807) is 6.07 Å². The smallest absolute Gasteiger partial charge is 0.441 e. The van der Waals surface area contributed by atoms with Crippen molar-refractivity contribution in [2.45, 2.75) is 24.4 Å². The van der Waals surface area contributed by atoms with Crippen molar-refractivity contribution in [2.75, 3.05) is 12.4 Å². The molecular weight excluding hydrogens is 263 g/mol. The largest absolute Gasteiger partial charge is 0.492 e. The van der Waals surface area contributed by atoms with Gasteiger partial charge in [0, 0.05) is 11.8 Å². The minimum Gasteiger partial charge on any atom is -0.492 e. The van der Waals surface area contributed by atoms with E-state index in [1.165, 1.54) is 0 Å². The molecule has 1 unspecified atom stereocenters. The van der Waals surface area contributed by atoms with E-state index in [0.29, 0.717) is 5.75 Å². The minimum atomic E-state index is -4.19. The summed E-state index contributed by atoms with van der Waals surface area (Å²) in [6.07, 6.45) is 1.70. The Morgan fingerprint density at radius 3 is 2.89 bits per heavy atom. The van der Waals surface area contributed by atoms with Crippen LogP contribution in [0.4, 0.5) is 13.2 Å². The Bertz CT molecular complexity index is 422. The fraction of sp³-hybridized carbons (Fsp3) is 0.500. The van der Waals surface area contributed by atoms with Crippen molar-refractivity contribution >= 4 is 11.8 Å². The highest BCUT2D eigenvalue weighted by Crippen LogP contribution is 2.36. The lowest BCUT2D eigenvalue weighted by molar-refractivity contribution is -0.0329. The van der Waals surface area contributed by atoms with Crippen LogP contribution in [0.2, 0.25) is 0 Å². The molecule has 0 aromatic heterocycles. The van der Waals surface area contributed by atoms with Crippen LogP contribution in [0.1, 0.15) is 23.6 Å². The molecule has 0 fully saturated rings. The maximum atomic E-state index is 11.9. The average Bonchev–Trinajstić information content (AvgIpc) is 2.67. The fourth-order valence-electron chi connectivity index (χ4n) is 2.10. The lowest BCUT2D eigenvalue weighted by Gasteiger charge is -2.12. The Balaban J connectivity index is 1.91. The number of fused-ring (bicyclic) bond motifs is 1. The van der Waals surface area contributed by atoms with E-state index >= 15 is 0 Å². The Morgan fingerprint density at radius 2 is 2.17 bits per heavy atom. The highest BCUT2D eigenvalue weighted by atomic mass is 32.2. The predicted octanol–water partition coefficient (Wildman–Crippen LogP) is 3.26. The Labute approximate surface area is 108 Å². The molecule has 0 bridgehead atoms. The van der Waals surface area contributed by atoms with Crippen molar-refractivity contribution in [3.63, 3.8) is 0 Å². The maximum absolute atomic E-state index is 11.9. The van der Waals surface area contributed by atoms with Crippen molar-refractivity contribution in [3.05, 3.63) is 29.3 Å². The lowest BCUT2D eigenvalue weighted by Crippen LogP contribution is -2.08. The van der Waals surface area contributed by atoms with Crippen LogP contribution >= 0.6 is 11.8 Å². The van der Waals surface area contributed by atoms with Crippen molar-refractivity contribution < 1.29 is 17.9 Å². The molecule has 1 aromatic rings. The summed E-state index contributed by atoms with van der Waals surface area (Å²) >= 11 is -0.0630. The van der Waals surface area contributed by atoms with Crippen LogP contribution in [-0.2, 0) is 6.42 Å². The SMILES string of the molecule is NC1CCc2c(OCCSC(F)(F)F)cccc21. The summed E-state index contributed by atoms with van der Waals surface area (Å²) in [6, 6.07) is 5.59. The van der Waals surface area contributed by atoms with Crippen LogP contribution in [0.5, 0.6) is 5.75 Å². The van der Waals surface area contributed by atoms with Gasteiger partial charge >= 0.3 is 5.51 Å². The number of ether oxygens (including phenoxy) is 1. The summed E-state index contributed by atoms with van der Waals surface area (Å²) in [6.45, 7) is 0.0515. The van der Waals surface area contributed by atoms with Gasteiger partial charge in [0.25, 0.3) is 0 Å². The highest BCUT2D eigenvalue weighted by Gasteiger charge is 2.28. The second kappa shape index (κ2) is 5.40. The summed E-state index contributed by atoms with van der Waals surface area (Å²) in [5, 5.41) is 0. The Hall–Kier alpha value is -0.880. The molecule has 1 aromatic carbocycles. The molecule has 100 valence electrons. The molecule has 0 saturated carbocycles. The van der Waals surface area contributed by atoms with Crippen molar-refractivity contribution in [1.82, 2.24) is 0 Å². The van der Waals surface area contributed by atoms with Gasteiger partial charge in [0.2, 0.25) is 0 Å². The molecule has 6 heteroatoms. The second-order valence-corrected chi connectivity index (χ2v) is 5.27. The molecule has 0 spiro atoms. The van der Waals surface area contributed by atoms with Gasteiger partial charge in [-0.25, -0.2) is 0 Å². The summed E-state index contributed by atoms with van der Waals surface area (Å²) in [7, 11) is 0. The third kappa shape index (κ3) is 3.32. The Morgan fingerprint density at radius 1 is 1.39 bits per heavy atom. The molecule has 2 rings (SSSR count). The second-order valence-electron chi connectivity index (χ2n) is 4.11. The number of nitrogens with two attached hydrogens (primary N) is 1. The van der Waals surface area contributed by atoms with Crippen molar-refractivity contribution in [3.8, 4) is 5.75 Å². The zero-order valence-electron chi connectivity index (χ0n) is 9.67. The molecule has 1 aliphatic rings. The molecule has 1 atom stereocenters. The van der Waals surface area contributed by atoms with Gasteiger partial charge in [-0.05, 0) is 41.8 Å².